The minimum Gasteiger partial charge on any atom is -0.496 e. The summed E-state index contributed by atoms with van der Waals surface area (Å²) in [6.07, 6.45) is 1.11. The summed E-state index contributed by atoms with van der Waals surface area (Å²) < 4.78 is 6.62. The molecule has 1 aromatic carbocycles. The Morgan fingerprint density at radius 3 is 2.70 bits per heavy atom. The fourth-order valence-corrected chi connectivity index (χ4v) is 3.53. The highest BCUT2D eigenvalue weighted by molar-refractivity contribution is 9.10. The van der Waals surface area contributed by atoms with Gasteiger partial charge in [-0.1, -0.05) is 22.9 Å². The zero-order chi connectivity index (χ0) is 14.5. The summed E-state index contributed by atoms with van der Waals surface area (Å²) in [7, 11) is 1.73. The predicted octanol–water partition coefficient (Wildman–Crippen LogP) is 4.92. The zero-order valence-corrected chi connectivity index (χ0v) is 14.5. The summed E-state index contributed by atoms with van der Waals surface area (Å²) in [4.78, 5) is 0. The van der Waals surface area contributed by atoms with Gasteiger partial charge in [-0.2, -0.15) is 11.3 Å². The number of hydrogen-bond donors (Lipinski definition) is 1. The van der Waals surface area contributed by atoms with Gasteiger partial charge in [0.15, 0.2) is 0 Å². The topological polar surface area (TPSA) is 21.3 Å². The molecule has 0 aliphatic rings. The first-order valence-electron chi connectivity index (χ1n) is 6.76. The number of thiophene rings is 1. The fraction of sp³-hybridized carbons (Fsp3) is 0.375. The lowest BCUT2D eigenvalue weighted by molar-refractivity contribution is 0.403. The molecule has 0 aliphatic carbocycles. The van der Waals surface area contributed by atoms with E-state index in [9.17, 15) is 0 Å². The molecule has 0 aliphatic heterocycles. The molecule has 1 aromatic heterocycles. The van der Waals surface area contributed by atoms with Gasteiger partial charge in [0.05, 0.1) is 13.2 Å². The van der Waals surface area contributed by atoms with Crippen LogP contribution < -0.4 is 10.1 Å². The number of benzene rings is 1. The largest absolute Gasteiger partial charge is 0.496 e. The van der Waals surface area contributed by atoms with Gasteiger partial charge in [0.25, 0.3) is 0 Å². The second kappa shape index (κ2) is 7.25. The molecule has 108 valence electrons. The van der Waals surface area contributed by atoms with E-state index in [-0.39, 0.29) is 6.04 Å². The maximum atomic E-state index is 5.54. The second-order valence-electron chi connectivity index (χ2n) is 4.78. The van der Waals surface area contributed by atoms with Crippen LogP contribution in [0.2, 0.25) is 0 Å². The Kier molecular flexibility index (Phi) is 5.64. The van der Waals surface area contributed by atoms with E-state index in [1.807, 2.05) is 12.1 Å². The van der Waals surface area contributed by atoms with Gasteiger partial charge >= 0.3 is 0 Å². The summed E-state index contributed by atoms with van der Waals surface area (Å²) in [5.41, 5.74) is 3.84. The quantitative estimate of drug-likeness (QED) is 0.795. The van der Waals surface area contributed by atoms with Gasteiger partial charge in [0.1, 0.15) is 5.75 Å². The first kappa shape index (κ1) is 15.5. The maximum Gasteiger partial charge on any atom is 0.124 e. The first-order chi connectivity index (χ1) is 9.67. The van der Waals surface area contributed by atoms with Crippen molar-refractivity contribution in [2.75, 3.05) is 13.7 Å². The van der Waals surface area contributed by atoms with Crippen LogP contribution in [0.15, 0.2) is 33.4 Å². The second-order valence-corrected chi connectivity index (χ2v) is 6.44. The van der Waals surface area contributed by atoms with Crippen molar-refractivity contribution >= 4 is 27.3 Å². The van der Waals surface area contributed by atoms with E-state index in [2.05, 4.69) is 51.9 Å². The number of rotatable bonds is 6. The summed E-state index contributed by atoms with van der Waals surface area (Å²) in [6.45, 7) is 5.33. The van der Waals surface area contributed by atoms with Crippen molar-refractivity contribution in [3.8, 4) is 5.75 Å². The third-order valence-electron chi connectivity index (χ3n) is 3.31. The molecule has 1 heterocycles. The van der Waals surface area contributed by atoms with Crippen LogP contribution in [-0.2, 0) is 0 Å². The molecule has 1 unspecified atom stereocenters. The van der Waals surface area contributed by atoms with Crippen LogP contribution in [0.3, 0.4) is 0 Å². The average Bonchev–Trinajstić information content (AvgIpc) is 2.86. The number of halogens is 1. The van der Waals surface area contributed by atoms with Crippen molar-refractivity contribution < 1.29 is 4.74 Å². The minimum absolute atomic E-state index is 0.175. The summed E-state index contributed by atoms with van der Waals surface area (Å²) in [5, 5.41) is 8.06. The normalized spacial score (nSPS) is 12.4. The van der Waals surface area contributed by atoms with Crippen molar-refractivity contribution in [2.24, 2.45) is 0 Å². The van der Waals surface area contributed by atoms with E-state index in [4.69, 9.17) is 4.74 Å². The molecule has 0 spiro atoms. The number of aryl methyl sites for hydroxylation is 1. The third kappa shape index (κ3) is 3.43. The van der Waals surface area contributed by atoms with Gasteiger partial charge in [0, 0.05) is 10.0 Å². The number of nitrogens with one attached hydrogen (secondary N) is 1. The van der Waals surface area contributed by atoms with E-state index in [1.54, 1.807) is 18.4 Å². The van der Waals surface area contributed by atoms with Crippen molar-refractivity contribution in [1.29, 1.82) is 0 Å². The highest BCUT2D eigenvalue weighted by Gasteiger charge is 2.20. The predicted molar refractivity (Wildman–Crippen MR) is 89.9 cm³/mol. The van der Waals surface area contributed by atoms with Crippen molar-refractivity contribution in [3.63, 3.8) is 0 Å². The fourth-order valence-electron chi connectivity index (χ4n) is 2.27. The maximum absolute atomic E-state index is 5.54. The lowest BCUT2D eigenvalue weighted by atomic mass is 9.97. The number of hydrogen-bond acceptors (Lipinski definition) is 3. The van der Waals surface area contributed by atoms with Gasteiger partial charge in [-0.3, -0.25) is 0 Å². The Morgan fingerprint density at radius 2 is 2.10 bits per heavy atom. The van der Waals surface area contributed by atoms with Gasteiger partial charge in [-0.05, 0) is 60.0 Å². The van der Waals surface area contributed by atoms with E-state index >= 15 is 0 Å². The Labute approximate surface area is 133 Å². The molecule has 0 saturated heterocycles. The number of methoxy groups -OCH3 is 1. The van der Waals surface area contributed by atoms with Crippen LogP contribution in [0, 0.1) is 6.92 Å². The van der Waals surface area contributed by atoms with Crippen molar-refractivity contribution in [1.82, 2.24) is 5.32 Å². The SMILES string of the molecule is CCCNC(c1cscc1C)c1cc(Br)ccc1OC. The molecular weight excluding hydrogens is 334 g/mol. The van der Waals surface area contributed by atoms with Gasteiger partial charge in [-0.15, -0.1) is 0 Å². The highest BCUT2D eigenvalue weighted by Crippen LogP contribution is 2.34. The summed E-state index contributed by atoms with van der Waals surface area (Å²) in [6, 6.07) is 6.35. The molecule has 0 fully saturated rings. The molecule has 2 rings (SSSR count). The van der Waals surface area contributed by atoms with Crippen LogP contribution in [0.5, 0.6) is 5.75 Å². The van der Waals surface area contributed by atoms with E-state index < -0.39 is 0 Å². The van der Waals surface area contributed by atoms with Gasteiger partial charge in [0.2, 0.25) is 0 Å². The molecule has 4 heteroatoms. The molecule has 20 heavy (non-hydrogen) atoms. The molecule has 2 aromatic rings. The Balaban J connectivity index is 2.46. The molecular formula is C16H20BrNOS. The number of ether oxygens (including phenoxy) is 1. The smallest absolute Gasteiger partial charge is 0.124 e. The highest BCUT2D eigenvalue weighted by atomic mass is 79.9. The summed E-state index contributed by atoms with van der Waals surface area (Å²) >= 11 is 5.31. The van der Waals surface area contributed by atoms with Crippen molar-refractivity contribution in [2.45, 2.75) is 26.3 Å². The van der Waals surface area contributed by atoms with E-state index in [0.717, 1.165) is 23.2 Å². The Hall–Kier alpha value is -0.840. The molecule has 2 nitrogen and oxygen atoms in total. The van der Waals surface area contributed by atoms with E-state index in [1.165, 1.54) is 16.7 Å². The molecule has 0 bridgehead atoms. The first-order valence-corrected chi connectivity index (χ1v) is 8.50. The van der Waals surface area contributed by atoms with Gasteiger partial charge < -0.3 is 10.1 Å². The van der Waals surface area contributed by atoms with Crippen LogP contribution in [0.1, 0.15) is 36.1 Å². The van der Waals surface area contributed by atoms with Crippen LogP contribution >= 0.6 is 27.3 Å². The minimum atomic E-state index is 0.175. The Bertz CT molecular complexity index is 567. The van der Waals surface area contributed by atoms with Gasteiger partial charge in [-0.25, -0.2) is 0 Å². The van der Waals surface area contributed by atoms with Crippen LogP contribution in [0.4, 0.5) is 0 Å². The molecule has 0 amide bonds. The monoisotopic (exact) mass is 353 g/mol. The van der Waals surface area contributed by atoms with Crippen LogP contribution in [0.25, 0.3) is 0 Å². The molecule has 1 N–H and O–H groups in total. The molecule has 1 atom stereocenters. The van der Waals surface area contributed by atoms with Crippen LogP contribution in [-0.4, -0.2) is 13.7 Å². The van der Waals surface area contributed by atoms with E-state index in [0.29, 0.717) is 0 Å². The molecule has 0 saturated carbocycles. The van der Waals surface area contributed by atoms with Crippen molar-refractivity contribution in [3.05, 3.63) is 50.1 Å². The lowest BCUT2D eigenvalue weighted by Gasteiger charge is -2.22. The third-order valence-corrected chi connectivity index (χ3v) is 4.68. The Morgan fingerprint density at radius 1 is 1.30 bits per heavy atom. The molecule has 0 radical (unpaired) electrons. The zero-order valence-electron chi connectivity index (χ0n) is 12.1. The standard InChI is InChI=1S/C16H20BrNOS/c1-4-7-18-16(14-10-20-9-11(14)2)13-8-12(17)5-6-15(13)19-3/h5-6,8-10,16,18H,4,7H2,1-3H3. The lowest BCUT2D eigenvalue weighted by Crippen LogP contribution is -2.24. The average molecular weight is 354 g/mol. The summed E-state index contributed by atoms with van der Waals surface area (Å²) in [5.74, 6) is 0.924.